The first kappa shape index (κ1) is 14.7. The molecule has 0 radical (unpaired) electrons. The van der Waals surface area contributed by atoms with E-state index in [4.69, 9.17) is 5.11 Å². The van der Waals surface area contributed by atoms with Crippen molar-refractivity contribution in [2.75, 3.05) is 6.54 Å². The number of nitrogens with zero attached hydrogens (tertiary/aromatic N) is 1. The summed E-state index contributed by atoms with van der Waals surface area (Å²) in [6, 6.07) is 0.0746. The quantitative estimate of drug-likeness (QED) is 0.864. The van der Waals surface area contributed by atoms with Crippen molar-refractivity contribution in [3.63, 3.8) is 0 Å². The Hall–Kier alpha value is -1.36. The van der Waals surface area contributed by atoms with Crippen LogP contribution in [0.15, 0.2) is 10.8 Å². The lowest BCUT2D eigenvalue weighted by Crippen LogP contribution is -2.38. The second-order valence-electron chi connectivity index (χ2n) is 4.56. The van der Waals surface area contributed by atoms with E-state index >= 15 is 0 Å². The second kappa shape index (κ2) is 6.54. The molecule has 1 aromatic rings. The Balaban J connectivity index is 2.70. The van der Waals surface area contributed by atoms with Gasteiger partial charge in [0, 0.05) is 24.4 Å². The van der Waals surface area contributed by atoms with E-state index in [1.54, 1.807) is 4.90 Å². The fraction of sp³-hybridized carbons (Fsp3) is 0.538. The van der Waals surface area contributed by atoms with Crippen LogP contribution >= 0.6 is 11.3 Å². The second-order valence-corrected chi connectivity index (χ2v) is 5.30. The molecule has 1 N–H and O–H groups in total. The van der Waals surface area contributed by atoms with Gasteiger partial charge in [-0.05, 0) is 38.1 Å². The minimum absolute atomic E-state index is 0.00543. The van der Waals surface area contributed by atoms with Crippen LogP contribution in [0, 0.1) is 6.92 Å². The van der Waals surface area contributed by atoms with E-state index in [2.05, 4.69) is 0 Å². The Morgan fingerprint density at radius 2 is 2.06 bits per heavy atom. The molecular formula is C13H19NO3S. The molecule has 0 aliphatic carbocycles. The predicted octanol–water partition coefficient (Wildman–Crippen LogP) is 2.77. The molecule has 100 valence electrons. The third-order valence-corrected chi connectivity index (χ3v) is 3.62. The van der Waals surface area contributed by atoms with Crippen molar-refractivity contribution in [1.29, 1.82) is 0 Å². The molecule has 1 aromatic heterocycles. The predicted molar refractivity (Wildman–Crippen MR) is 72.1 cm³/mol. The van der Waals surface area contributed by atoms with Crippen LogP contribution in [0.2, 0.25) is 0 Å². The average molecular weight is 269 g/mol. The summed E-state index contributed by atoms with van der Waals surface area (Å²) in [5.74, 6) is -0.827. The maximum Gasteiger partial charge on any atom is 0.303 e. The number of aryl methyl sites for hydroxylation is 1. The maximum absolute atomic E-state index is 12.3. The van der Waals surface area contributed by atoms with Crippen molar-refractivity contribution in [3.8, 4) is 0 Å². The highest BCUT2D eigenvalue weighted by molar-refractivity contribution is 7.08. The normalized spacial score (nSPS) is 10.7. The number of thiophene rings is 1. The van der Waals surface area contributed by atoms with Crippen molar-refractivity contribution < 1.29 is 14.7 Å². The fourth-order valence-electron chi connectivity index (χ4n) is 1.73. The third-order valence-electron chi connectivity index (χ3n) is 2.76. The van der Waals surface area contributed by atoms with Gasteiger partial charge in [0.15, 0.2) is 0 Å². The lowest BCUT2D eigenvalue weighted by atomic mass is 10.1. The minimum atomic E-state index is -0.821. The highest BCUT2D eigenvalue weighted by atomic mass is 32.1. The molecule has 0 fully saturated rings. The summed E-state index contributed by atoms with van der Waals surface area (Å²) >= 11 is 1.51. The van der Waals surface area contributed by atoms with Gasteiger partial charge in [0.1, 0.15) is 0 Å². The van der Waals surface area contributed by atoms with Gasteiger partial charge in [-0.25, -0.2) is 0 Å². The Labute approximate surface area is 111 Å². The molecule has 5 heteroatoms. The molecule has 0 aliphatic rings. The number of carbonyl (C=O) groups is 2. The van der Waals surface area contributed by atoms with Gasteiger partial charge in [-0.15, -0.1) is 0 Å². The SMILES string of the molecule is Cc1cscc1C(=O)N(CCCC(=O)O)C(C)C. The summed E-state index contributed by atoms with van der Waals surface area (Å²) in [5.41, 5.74) is 1.71. The lowest BCUT2D eigenvalue weighted by molar-refractivity contribution is -0.137. The van der Waals surface area contributed by atoms with E-state index in [0.29, 0.717) is 13.0 Å². The summed E-state index contributed by atoms with van der Waals surface area (Å²) in [7, 11) is 0. The number of carbonyl (C=O) groups excluding carboxylic acids is 1. The Morgan fingerprint density at radius 3 is 2.50 bits per heavy atom. The van der Waals surface area contributed by atoms with Crippen LogP contribution in [-0.4, -0.2) is 34.5 Å². The first-order valence-electron chi connectivity index (χ1n) is 5.99. The van der Waals surface area contributed by atoms with Crippen LogP contribution in [0.4, 0.5) is 0 Å². The van der Waals surface area contributed by atoms with Gasteiger partial charge in [-0.1, -0.05) is 0 Å². The largest absolute Gasteiger partial charge is 0.481 e. The summed E-state index contributed by atoms with van der Waals surface area (Å²) in [5, 5.41) is 12.4. The monoisotopic (exact) mass is 269 g/mol. The zero-order valence-electron chi connectivity index (χ0n) is 11.0. The van der Waals surface area contributed by atoms with E-state index in [-0.39, 0.29) is 18.4 Å². The van der Waals surface area contributed by atoms with Gasteiger partial charge >= 0.3 is 5.97 Å². The number of aliphatic carboxylic acids is 1. The third kappa shape index (κ3) is 3.84. The highest BCUT2D eigenvalue weighted by Gasteiger charge is 2.20. The molecule has 1 rings (SSSR count). The Kier molecular flexibility index (Phi) is 5.34. The molecule has 0 saturated heterocycles. The zero-order chi connectivity index (χ0) is 13.7. The van der Waals surface area contributed by atoms with Crippen molar-refractivity contribution in [1.82, 2.24) is 4.90 Å². The summed E-state index contributed by atoms with van der Waals surface area (Å²) in [6.07, 6.45) is 0.585. The van der Waals surface area contributed by atoms with E-state index in [9.17, 15) is 9.59 Å². The van der Waals surface area contributed by atoms with Crippen molar-refractivity contribution >= 4 is 23.2 Å². The molecule has 18 heavy (non-hydrogen) atoms. The number of carboxylic acid groups (broad SMARTS) is 1. The molecule has 4 nitrogen and oxygen atoms in total. The first-order valence-corrected chi connectivity index (χ1v) is 6.93. The van der Waals surface area contributed by atoms with Crippen molar-refractivity contribution in [2.45, 2.75) is 39.7 Å². The summed E-state index contributed by atoms with van der Waals surface area (Å²) in [4.78, 5) is 24.6. The smallest absolute Gasteiger partial charge is 0.303 e. The number of hydrogen-bond acceptors (Lipinski definition) is 3. The number of carboxylic acids is 1. The van der Waals surface area contributed by atoms with Gasteiger partial charge in [-0.2, -0.15) is 11.3 Å². The van der Waals surface area contributed by atoms with Gasteiger partial charge in [-0.3, -0.25) is 9.59 Å². The standard InChI is InChI=1S/C13H19NO3S/c1-9(2)14(6-4-5-12(15)16)13(17)11-8-18-7-10(11)3/h7-9H,4-6H2,1-3H3,(H,15,16). The van der Waals surface area contributed by atoms with Crippen LogP contribution in [0.5, 0.6) is 0 Å². The Bertz CT molecular complexity index is 426. The topological polar surface area (TPSA) is 57.6 Å². The average Bonchev–Trinajstić information content (AvgIpc) is 2.69. The van der Waals surface area contributed by atoms with E-state index in [0.717, 1.165) is 11.1 Å². The molecule has 0 spiro atoms. The van der Waals surface area contributed by atoms with Crippen LogP contribution in [-0.2, 0) is 4.79 Å². The van der Waals surface area contributed by atoms with E-state index in [1.165, 1.54) is 11.3 Å². The van der Waals surface area contributed by atoms with Crippen molar-refractivity contribution in [2.24, 2.45) is 0 Å². The molecule has 0 saturated carbocycles. The maximum atomic E-state index is 12.3. The van der Waals surface area contributed by atoms with Crippen molar-refractivity contribution in [3.05, 3.63) is 21.9 Å². The van der Waals surface area contributed by atoms with Gasteiger partial charge in [0.2, 0.25) is 0 Å². The van der Waals surface area contributed by atoms with Crippen LogP contribution in [0.3, 0.4) is 0 Å². The van der Waals surface area contributed by atoms with Crippen LogP contribution < -0.4 is 0 Å². The van der Waals surface area contributed by atoms with E-state index in [1.807, 2.05) is 31.5 Å². The molecule has 0 bridgehead atoms. The van der Waals surface area contributed by atoms with Gasteiger partial charge in [0.25, 0.3) is 5.91 Å². The summed E-state index contributed by atoms with van der Waals surface area (Å²) in [6.45, 7) is 6.29. The number of amides is 1. The van der Waals surface area contributed by atoms with Gasteiger partial charge in [0.05, 0.1) is 5.56 Å². The minimum Gasteiger partial charge on any atom is -0.481 e. The zero-order valence-corrected chi connectivity index (χ0v) is 11.8. The fourth-order valence-corrected chi connectivity index (χ4v) is 2.55. The first-order chi connectivity index (χ1) is 8.43. The number of rotatable bonds is 6. The molecule has 1 heterocycles. The molecule has 0 aromatic carbocycles. The number of hydrogen-bond donors (Lipinski definition) is 1. The molecule has 0 unspecified atom stereocenters. The van der Waals surface area contributed by atoms with Crippen LogP contribution in [0.25, 0.3) is 0 Å². The van der Waals surface area contributed by atoms with Gasteiger partial charge < -0.3 is 10.0 Å². The molecule has 0 atom stereocenters. The van der Waals surface area contributed by atoms with Crippen LogP contribution in [0.1, 0.15) is 42.6 Å². The van der Waals surface area contributed by atoms with E-state index < -0.39 is 5.97 Å². The molecular weight excluding hydrogens is 250 g/mol. The lowest BCUT2D eigenvalue weighted by Gasteiger charge is -2.26. The highest BCUT2D eigenvalue weighted by Crippen LogP contribution is 2.17. The Morgan fingerprint density at radius 1 is 1.39 bits per heavy atom. The molecule has 1 amide bonds. The molecule has 0 aliphatic heterocycles. The summed E-state index contributed by atoms with van der Waals surface area (Å²) < 4.78 is 0.